The maximum Gasteiger partial charge on any atom is 0.223 e. The number of hydrogen-bond donors (Lipinski definition) is 1. The molecule has 4 nitrogen and oxygen atoms in total. The van der Waals surface area contributed by atoms with Crippen LogP contribution in [-0.4, -0.2) is 51.2 Å². The minimum absolute atomic E-state index is 0.148. The first-order chi connectivity index (χ1) is 7.18. The second-order valence-corrected chi connectivity index (χ2v) is 3.48. The lowest BCUT2D eigenvalue weighted by Crippen LogP contribution is -2.28. The minimum Gasteiger partial charge on any atom is -0.380 e. The van der Waals surface area contributed by atoms with E-state index in [1.54, 1.807) is 19.0 Å². The molecule has 88 valence electrons. The maximum absolute atomic E-state index is 11.2. The summed E-state index contributed by atoms with van der Waals surface area (Å²) in [6.45, 7) is 6.51. The average Bonchev–Trinajstić information content (AvgIpc) is 2.21. The Balaban J connectivity index is 3.11. The Kier molecular flexibility index (Phi) is 9.11. The molecule has 0 saturated heterocycles. The number of amides is 1. The SMILES string of the molecule is C=CCCOCCNCCC(=O)N(C)C. The lowest BCUT2D eigenvalue weighted by atomic mass is 10.4. The van der Waals surface area contributed by atoms with Gasteiger partial charge in [-0.2, -0.15) is 0 Å². The van der Waals surface area contributed by atoms with E-state index in [1.807, 2.05) is 6.08 Å². The van der Waals surface area contributed by atoms with Crippen LogP contribution in [0.3, 0.4) is 0 Å². The molecule has 0 atom stereocenters. The van der Waals surface area contributed by atoms with Crippen LogP contribution in [-0.2, 0) is 9.53 Å². The topological polar surface area (TPSA) is 41.6 Å². The molecule has 0 aliphatic heterocycles. The predicted molar refractivity (Wildman–Crippen MR) is 61.8 cm³/mol. The van der Waals surface area contributed by atoms with Gasteiger partial charge in [-0.1, -0.05) is 6.08 Å². The molecule has 0 aromatic carbocycles. The molecule has 0 fully saturated rings. The van der Waals surface area contributed by atoms with Crippen molar-refractivity contribution < 1.29 is 9.53 Å². The second kappa shape index (κ2) is 9.68. The van der Waals surface area contributed by atoms with Gasteiger partial charge in [-0.05, 0) is 6.42 Å². The summed E-state index contributed by atoms with van der Waals surface area (Å²) in [4.78, 5) is 12.8. The van der Waals surface area contributed by atoms with E-state index in [2.05, 4.69) is 11.9 Å². The zero-order valence-electron chi connectivity index (χ0n) is 9.79. The Labute approximate surface area is 92.3 Å². The molecule has 0 bridgehead atoms. The van der Waals surface area contributed by atoms with Crippen LogP contribution in [0.4, 0.5) is 0 Å². The van der Waals surface area contributed by atoms with Crippen LogP contribution in [0, 0.1) is 0 Å². The molecule has 15 heavy (non-hydrogen) atoms. The van der Waals surface area contributed by atoms with Crippen molar-refractivity contribution in [1.29, 1.82) is 0 Å². The Bertz CT molecular complexity index is 181. The van der Waals surface area contributed by atoms with E-state index in [-0.39, 0.29) is 5.91 Å². The standard InChI is InChI=1S/C11H22N2O2/c1-4-5-9-15-10-8-12-7-6-11(14)13(2)3/h4,12H,1,5-10H2,2-3H3. The largest absolute Gasteiger partial charge is 0.380 e. The molecule has 0 heterocycles. The number of nitrogens with zero attached hydrogens (tertiary/aromatic N) is 1. The van der Waals surface area contributed by atoms with E-state index in [9.17, 15) is 4.79 Å². The first-order valence-corrected chi connectivity index (χ1v) is 5.28. The molecule has 0 radical (unpaired) electrons. The summed E-state index contributed by atoms with van der Waals surface area (Å²) in [5, 5.41) is 3.15. The van der Waals surface area contributed by atoms with E-state index >= 15 is 0 Å². The molecule has 0 spiro atoms. The van der Waals surface area contributed by atoms with Crippen molar-refractivity contribution in [3.05, 3.63) is 12.7 Å². The summed E-state index contributed by atoms with van der Waals surface area (Å²) in [6, 6.07) is 0. The van der Waals surface area contributed by atoms with E-state index in [1.165, 1.54) is 0 Å². The highest BCUT2D eigenvalue weighted by Crippen LogP contribution is 1.85. The quantitative estimate of drug-likeness (QED) is 0.452. The van der Waals surface area contributed by atoms with Crippen LogP contribution in [0.25, 0.3) is 0 Å². The Hall–Kier alpha value is -0.870. The number of carbonyl (C=O) groups excluding carboxylic acids is 1. The highest BCUT2D eigenvalue weighted by Gasteiger charge is 2.01. The fourth-order valence-electron chi connectivity index (χ4n) is 0.957. The third-order valence-corrected chi connectivity index (χ3v) is 1.90. The lowest BCUT2D eigenvalue weighted by molar-refractivity contribution is -0.128. The third kappa shape index (κ3) is 9.43. The van der Waals surface area contributed by atoms with Gasteiger partial charge in [0, 0.05) is 33.6 Å². The van der Waals surface area contributed by atoms with Crippen LogP contribution in [0.1, 0.15) is 12.8 Å². The Morgan fingerprint density at radius 3 is 2.73 bits per heavy atom. The average molecular weight is 214 g/mol. The summed E-state index contributed by atoms with van der Waals surface area (Å²) in [5.74, 6) is 0.148. The lowest BCUT2D eigenvalue weighted by Gasteiger charge is -2.10. The van der Waals surface area contributed by atoms with Crippen molar-refractivity contribution in [3.8, 4) is 0 Å². The first-order valence-electron chi connectivity index (χ1n) is 5.28. The normalized spacial score (nSPS) is 10.0. The number of carbonyl (C=O) groups is 1. The van der Waals surface area contributed by atoms with Gasteiger partial charge < -0.3 is 15.0 Å². The molecular weight excluding hydrogens is 192 g/mol. The van der Waals surface area contributed by atoms with E-state index < -0.39 is 0 Å². The molecule has 0 saturated carbocycles. The summed E-state index contributed by atoms with van der Waals surface area (Å²) in [7, 11) is 3.53. The Morgan fingerprint density at radius 2 is 2.13 bits per heavy atom. The molecule has 0 aromatic rings. The first kappa shape index (κ1) is 14.1. The molecule has 1 N–H and O–H groups in total. The van der Waals surface area contributed by atoms with Gasteiger partial charge in [0.15, 0.2) is 0 Å². The minimum atomic E-state index is 0.148. The van der Waals surface area contributed by atoms with Crippen molar-refractivity contribution in [2.45, 2.75) is 12.8 Å². The molecule has 0 unspecified atom stereocenters. The van der Waals surface area contributed by atoms with E-state index in [0.29, 0.717) is 19.6 Å². The van der Waals surface area contributed by atoms with E-state index in [0.717, 1.165) is 19.6 Å². The molecule has 1 amide bonds. The highest BCUT2D eigenvalue weighted by atomic mass is 16.5. The van der Waals surface area contributed by atoms with Gasteiger partial charge >= 0.3 is 0 Å². The van der Waals surface area contributed by atoms with Crippen LogP contribution in [0.5, 0.6) is 0 Å². The van der Waals surface area contributed by atoms with Crippen molar-refractivity contribution in [2.24, 2.45) is 0 Å². The Morgan fingerprint density at radius 1 is 1.40 bits per heavy atom. The molecule has 0 aliphatic rings. The van der Waals surface area contributed by atoms with Crippen LogP contribution < -0.4 is 5.32 Å². The summed E-state index contributed by atoms with van der Waals surface area (Å²) in [6.07, 6.45) is 3.27. The zero-order chi connectivity index (χ0) is 11.5. The number of rotatable bonds is 9. The van der Waals surface area contributed by atoms with E-state index in [4.69, 9.17) is 4.74 Å². The molecular formula is C11H22N2O2. The molecule has 0 aromatic heterocycles. The highest BCUT2D eigenvalue weighted by molar-refractivity contribution is 5.75. The van der Waals surface area contributed by atoms with Crippen molar-refractivity contribution in [2.75, 3.05) is 40.4 Å². The molecule has 0 aliphatic carbocycles. The molecule has 4 heteroatoms. The van der Waals surface area contributed by atoms with Gasteiger partial charge in [-0.15, -0.1) is 6.58 Å². The number of hydrogen-bond acceptors (Lipinski definition) is 3. The zero-order valence-corrected chi connectivity index (χ0v) is 9.79. The summed E-state index contributed by atoms with van der Waals surface area (Å²) >= 11 is 0. The summed E-state index contributed by atoms with van der Waals surface area (Å²) in [5.41, 5.74) is 0. The summed E-state index contributed by atoms with van der Waals surface area (Å²) < 4.78 is 5.30. The van der Waals surface area contributed by atoms with Crippen LogP contribution in [0.15, 0.2) is 12.7 Å². The fourth-order valence-corrected chi connectivity index (χ4v) is 0.957. The number of nitrogens with one attached hydrogen (secondary N) is 1. The van der Waals surface area contributed by atoms with Gasteiger partial charge in [0.2, 0.25) is 5.91 Å². The fraction of sp³-hybridized carbons (Fsp3) is 0.727. The van der Waals surface area contributed by atoms with Gasteiger partial charge in [-0.3, -0.25) is 4.79 Å². The third-order valence-electron chi connectivity index (χ3n) is 1.90. The molecule has 0 rings (SSSR count). The smallest absolute Gasteiger partial charge is 0.223 e. The van der Waals surface area contributed by atoms with Gasteiger partial charge in [-0.25, -0.2) is 0 Å². The maximum atomic E-state index is 11.2. The second-order valence-electron chi connectivity index (χ2n) is 3.48. The monoisotopic (exact) mass is 214 g/mol. The van der Waals surface area contributed by atoms with Crippen LogP contribution >= 0.6 is 0 Å². The van der Waals surface area contributed by atoms with Gasteiger partial charge in [0.1, 0.15) is 0 Å². The van der Waals surface area contributed by atoms with Crippen molar-refractivity contribution >= 4 is 5.91 Å². The van der Waals surface area contributed by atoms with Crippen molar-refractivity contribution in [1.82, 2.24) is 10.2 Å². The van der Waals surface area contributed by atoms with Crippen molar-refractivity contribution in [3.63, 3.8) is 0 Å². The predicted octanol–water partition coefficient (Wildman–Crippen LogP) is 0.647. The van der Waals surface area contributed by atoms with Gasteiger partial charge in [0.05, 0.1) is 13.2 Å². The number of ether oxygens (including phenoxy) is 1. The van der Waals surface area contributed by atoms with Gasteiger partial charge in [0.25, 0.3) is 0 Å². The van der Waals surface area contributed by atoms with Crippen LogP contribution in [0.2, 0.25) is 0 Å².